The molecule has 1 fully saturated rings. The van der Waals surface area contributed by atoms with Crippen LogP contribution in [0.1, 0.15) is 30.7 Å². The van der Waals surface area contributed by atoms with Crippen LogP contribution < -0.4 is 5.32 Å². The highest BCUT2D eigenvalue weighted by Gasteiger charge is 2.19. The van der Waals surface area contributed by atoms with Gasteiger partial charge in [0.15, 0.2) is 5.16 Å². The van der Waals surface area contributed by atoms with E-state index in [1.54, 1.807) is 0 Å². The van der Waals surface area contributed by atoms with Crippen molar-refractivity contribution in [3.05, 3.63) is 72.1 Å². The molecule has 2 aromatic carbocycles. The van der Waals surface area contributed by atoms with Crippen LogP contribution in [0.2, 0.25) is 0 Å². The maximum Gasteiger partial charge on any atom is 0.322 e. The number of rotatable bonds is 9. The number of aromatic nitrogens is 5. The number of anilines is 1. The molecule has 0 bridgehead atoms. The molecular weight excluding hydrogens is 462 g/mol. The lowest BCUT2D eigenvalue weighted by molar-refractivity contribution is -0.113. The lowest BCUT2D eigenvalue weighted by Gasteiger charge is -2.26. The van der Waals surface area contributed by atoms with Gasteiger partial charge in [0.25, 0.3) is 0 Å². The third-order valence-corrected chi connectivity index (χ3v) is 6.78. The number of nitrogens with zero attached hydrogens (tertiary/aromatic N) is 6. The molecule has 2 aromatic heterocycles. The molecule has 35 heavy (non-hydrogen) atoms. The van der Waals surface area contributed by atoms with Crippen LogP contribution in [0, 0.1) is 0 Å². The predicted octanol–water partition coefficient (Wildman–Crippen LogP) is 4.09. The van der Waals surface area contributed by atoms with Gasteiger partial charge in [0, 0.05) is 5.56 Å². The summed E-state index contributed by atoms with van der Waals surface area (Å²) in [7, 11) is 0. The highest BCUT2D eigenvalue weighted by Crippen LogP contribution is 2.22. The Hall–Kier alpha value is -3.50. The molecule has 1 aliphatic rings. The Morgan fingerprint density at radius 1 is 0.886 bits per heavy atom. The molecule has 1 amide bonds. The Morgan fingerprint density at radius 3 is 2.40 bits per heavy atom. The van der Waals surface area contributed by atoms with Crippen molar-refractivity contribution < 1.29 is 9.21 Å². The van der Waals surface area contributed by atoms with Gasteiger partial charge in [-0.2, -0.15) is 0 Å². The van der Waals surface area contributed by atoms with Gasteiger partial charge in [0.1, 0.15) is 5.82 Å². The van der Waals surface area contributed by atoms with Crippen LogP contribution in [-0.4, -0.2) is 54.6 Å². The molecule has 4 aromatic rings. The van der Waals surface area contributed by atoms with Crippen molar-refractivity contribution in [3.63, 3.8) is 0 Å². The minimum Gasteiger partial charge on any atom is -0.403 e. The Balaban J connectivity index is 1.25. The molecule has 1 saturated heterocycles. The third kappa shape index (κ3) is 6.14. The van der Waals surface area contributed by atoms with Crippen molar-refractivity contribution >= 4 is 23.7 Å². The SMILES string of the molecule is O=C(CSc1nnc(CN2CCCCC2)n1Cc1ccccc1)Nc1nnc(-c2ccccc2)o1. The largest absolute Gasteiger partial charge is 0.403 e. The van der Waals surface area contributed by atoms with Gasteiger partial charge in [0.2, 0.25) is 11.8 Å². The summed E-state index contributed by atoms with van der Waals surface area (Å²) in [6.45, 7) is 3.58. The molecule has 0 unspecified atom stereocenters. The minimum atomic E-state index is -0.245. The van der Waals surface area contributed by atoms with Crippen LogP contribution in [0.5, 0.6) is 0 Å². The van der Waals surface area contributed by atoms with Crippen molar-refractivity contribution in [1.29, 1.82) is 0 Å². The van der Waals surface area contributed by atoms with E-state index in [0.29, 0.717) is 17.6 Å². The summed E-state index contributed by atoms with van der Waals surface area (Å²) < 4.78 is 7.69. The number of nitrogens with one attached hydrogen (secondary N) is 1. The molecule has 0 aliphatic carbocycles. The summed E-state index contributed by atoms with van der Waals surface area (Å²) in [6, 6.07) is 19.7. The maximum atomic E-state index is 12.6. The Labute approximate surface area is 208 Å². The number of amides is 1. The Morgan fingerprint density at radius 2 is 1.63 bits per heavy atom. The first kappa shape index (κ1) is 23.3. The monoisotopic (exact) mass is 489 g/mol. The van der Waals surface area contributed by atoms with Gasteiger partial charge in [0.05, 0.1) is 18.8 Å². The average Bonchev–Trinajstić information content (AvgIpc) is 3.52. The molecule has 0 spiro atoms. The summed E-state index contributed by atoms with van der Waals surface area (Å²) >= 11 is 1.35. The third-order valence-electron chi connectivity index (χ3n) is 5.82. The molecule has 0 saturated carbocycles. The number of likely N-dealkylation sites (tertiary alicyclic amines) is 1. The van der Waals surface area contributed by atoms with E-state index in [1.165, 1.54) is 31.0 Å². The first-order chi connectivity index (χ1) is 17.2. The maximum absolute atomic E-state index is 12.6. The summed E-state index contributed by atoms with van der Waals surface area (Å²) in [5.41, 5.74) is 1.96. The van der Waals surface area contributed by atoms with Gasteiger partial charge in [-0.15, -0.1) is 15.3 Å². The van der Waals surface area contributed by atoms with E-state index >= 15 is 0 Å². The van der Waals surface area contributed by atoms with E-state index in [4.69, 9.17) is 4.42 Å². The van der Waals surface area contributed by atoms with E-state index < -0.39 is 0 Å². The molecule has 180 valence electrons. The van der Waals surface area contributed by atoms with Crippen molar-refractivity contribution in [2.75, 3.05) is 24.2 Å². The zero-order valence-corrected chi connectivity index (χ0v) is 20.2. The fraction of sp³-hybridized carbons (Fsp3) is 0.320. The highest BCUT2D eigenvalue weighted by molar-refractivity contribution is 7.99. The molecule has 5 rings (SSSR count). The summed E-state index contributed by atoms with van der Waals surface area (Å²) in [5, 5.41) is 20.2. The second kappa shape index (κ2) is 11.3. The number of hydrogen-bond acceptors (Lipinski definition) is 8. The van der Waals surface area contributed by atoms with Crippen LogP contribution in [0.15, 0.2) is 70.2 Å². The fourth-order valence-corrected chi connectivity index (χ4v) is 4.80. The predicted molar refractivity (Wildman–Crippen MR) is 134 cm³/mol. The summed E-state index contributed by atoms with van der Waals surface area (Å²) in [6.07, 6.45) is 3.73. The topological polar surface area (TPSA) is 102 Å². The number of carbonyl (C=O) groups excluding carboxylic acids is 1. The molecular formula is C25H27N7O2S. The highest BCUT2D eigenvalue weighted by atomic mass is 32.2. The van der Waals surface area contributed by atoms with Crippen molar-refractivity contribution in [2.24, 2.45) is 0 Å². The van der Waals surface area contributed by atoms with E-state index in [9.17, 15) is 4.79 Å². The quantitative estimate of drug-likeness (QED) is 0.351. The molecule has 0 radical (unpaired) electrons. The number of piperidine rings is 1. The number of benzene rings is 2. The Kier molecular flexibility index (Phi) is 7.50. The van der Waals surface area contributed by atoms with Gasteiger partial charge in [-0.3, -0.25) is 15.0 Å². The lowest BCUT2D eigenvalue weighted by Crippen LogP contribution is -2.30. The zero-order valence-electron chi connectivity index (χ0n) is 19.3. The number of thioether (sulfide) groups is 1. The smallest absolute Gasteiger partial charge is 0.322 e. The average molecular weight is 490 g/mol. The molecule has 3 heterocycles. The second-order valence-electron chi connectivity index (χ2n) is 8.42. The molecule has 10 heteroatoms. The van der Waals surface area contributed by atoms with Crippen LogP contribution in [0.25, 0.3) is 11.5 Å². The Bertz CT molecular complexity index is 1240. The van der Waals surface area contributed by atoms with Gasteiger partial charge in [-0.1, -0.05) is 71.8 Å². The molecule has 1 aliphatic heterocycles. The van der Waals surface area contributed by atoms with Gasteiger partial charge in [-0.25, -0.2) is 0 Å². The molecule has 1 N–H and O–H groups in total. The van der Waals surface area contributed by atoms with Crippen molar-refractivity contribution in [3.8, 4) is 11.5 Å². The standard InChI is InChI=1S/C25H27N7O2S/c33-22(26-24-29-28-23(34-24)20-12-6-2-7-13-20)18-35-25-30-27-21(17-31-14-8-3-9-15-31)32(25)16-19-10-4-1-5-11-19/h1-2,4-7,10-13H,3,8-9,14-18H2,(H,26,29,33). The second-order valence-corrected chi connectivity index (χ2v) is 9.37. The van der Waals surface area contributed by atoms with Crippen LogP contribution in [0.3, 0.4) is 0 Å². The number of hydrogen-bond donors (Lipinski definition) is 1. The van der Waals surface area contributed by atoms with E-state index in [0.717, 1.165) is 36.6 Å². The first-order valence-corrected chi connectivity index (χ1v) is 12.7. The first-order valence-electron chi connectivity index (χ1n) is 11.7. The minimum absolute atomic E-state index is 0.0750. The lowest BCUT2D eigenvalue weighted by atomic mass is 10.1. The van der Waals surface area contributed by atoms with Crippen LogP contribution >= 0.6 is 11.8 Å². The van der Waals surface area contributed by atoms with Gasteiger partial charge >= 0.3 is 6.01 Å². The van der Waals surface area contributed by atoms with Crippen molar-refractivity contribution in [2.45, 2.75) is 37.5 Å². The van der Waals surface area contributed by atoms with Crippen LogP contribution in [0.4, 0.5) is 6.01 Å². The molecule has 9 nitrogen and oxygen atoms in total. The van der Waals surface area contributed by atoms with E-state index in [-0.39, 0.29) is 17.7 Å². The zero-order chi connectivity index (χ0) is 23.9. The fourth-order valence-electron chi connectivity index (χ4n) is 4.04. The van der Waals surface area contributed by atoms with E-state index in [1.807, 2.05) is 48.5 Å². The van der Waals surface area contributed by atoms with Crippen LogP contribution in [-0.2, 0) is 17.9 Å². The van der Waals surface area contributed by atoms with Crippen molar-refractivity contribution in [1.82, 2.24) is 29.9 Å². The van der Waals surface area contributed by atoms with Gasteiger partial charge in [-0.05, 0) is 43.6 Å². The summed E-state index contributed by atoms with van der Waals surface area (Å²) in [5.74, 6) is 1.19. The summed E-state index contributed by atoms with van der Waals surface area (Å²) in [4.78, 5) is 15.0. The normalized spacial score (nSPS) is 14.2. The van der Waals surface area contributed by atoms with Gasteiger partial charge < -0.3 is 8.98 Å². The van der Waals surface area contributed by atoms with E-state index in [2.05, 4.69) is 47.3 Å². The number of carbonyl (C=O) groups is 1. The molecule has 0 atom stereocenters.